The number of benzene rings is 1. The Morgan fingerprint density at radius 1 is 1.33 bits per heavy atom. The van der Waals surface area contributed by atoms with E-state index in [2.05, 4.69) is 10.2 Å². The SMILES string of the molecule is CCC=C(C)C(=O)Nc1ccc(N2CCOCC2)cc1C(=O)OC. The molecule has 1 N–H and O–H groups in total. The Morgan fingerprint density at radius 3 is 2.67 bits per heavy atom. The van der Waals surface area contributed by atoms with Gasteiger partial charge in [0, 0.05) is 24.4 Å². The van der Waals surface area contributed by atoms with Crippen molar-refractivity contribution in [3.8, 4) is 0 Å². The fraction of sp³-hybridized carbons (Fsp3) is 0.444. The van der Waals surface area contributed by atoms with E-state index in [1.165, 1.54) is 7.11 Å². The van der Waals surface area contributed by atoms with Gasteiger partial charge in [0.05, 0.1) is 31.6 Å². The molecule has 24 heavy (non-hydrogen) atoms. The van der Waals surface area contributed by atoms with E-state index in [0.717, 1.165) is 25.2 Å². The predicted octanol–water partition coefficient (Wildman–Crippen LogP) is 2.60. The quantitative estimate of drug-likeness (QED) is 0.663. The molecule has 1 fully saturated rings. The lowest BCUT2D eigenvalue weighted by Gasteiger charge is -2.29. The minimum absolute atomic E-state index is 0.221. The van der Waals surface area contributed by atoms with Crippen molar-refractivity contribution in [1.29, 1.82) is 0 Å². The highest BCUT2D eigenvalue weighted by Crippen LogP contribution is 2.25. The average Bonchev–Trinajstić information content (AvgIpc) is 2.62. The van der Waals surface area contributed by atoms with Crippen molar-refractivity contribution >= 4 is 23.3 Å². The summed E-state index contributed by atoms with van der Waals surface area (Å²) in [5.41, 5.74) is 2.33. The topological polar surface area (TPSA) is 67.9 Å². The highest BCUT2D eigenvalue weighted by atomic mass is 16.5. The number of esters is 1. The Kier molecular flexibility index (Phi) is 6.37. The molecule has 6 heteroatoms. The summed E-state index contributed by atoms with van der Waals surface area (Å²) in [6.07, 6.45) is 2.62. The van der Waals surface area contributed by atoms with Gasteiger partial charge >= 0.3 is 5.97 Å². The summed E-state index contributed by atoms with van der Waals surface area (Å²) in [5.74, 6) is -0.696. The van der Waals surface area contributed by atoms with Crippen LogP contribution in [0.4, 0.5) is 11.4 Å². The van der Waals surface area contributed by atoms with Crippen molar-refractivity contribution in [1.82, 2.24) is 0 Å². The number of nitrogens with one attached hydrogen (secondary N) is 1. The molecule has 0 aliphatic carbocycles. The largest absolute Gasteiger partial charge is 0.465 e. The first-order chi connectivity index (χ1) is 11.6. The second-order valence-electron chi connectivity index (χ2n) is 5.57. The monoisotopic (exact) mass is 332 g/mol. The summed E-state index contributed by atoms with van der Waals surface area (Å²) >= 11 is 0. The molecular formula is C18H24N2O4. The van der Waals surface area contributed by atoms with Gasteiger partial charge in [-0.2, -0.15) is 0 Å². The molecule has 6 nitrogen and oxygen atoms in total. The van der Waals surface area contributed by atoms with Crippen molar-refractivity contribution < 1.29 is 19.1 Å². The van der Waals surface area contributed by atoms with E-state index in [4.69, 9.17) is 9.47 Å². The van der Waals surface area contributed by atoms with Gasteiger partial charge < -0.3 is 19.7 Å². The maximum atomic E-state index is 12.2. The summed E-state index contributed by atoms with van der Waals surface area (Å²) in [5, 5.41) is 2.79. The van der Waals surface area contributed by atoms with Crippen LogP contribution >= 0.6 is 0 Å². The molecular weight excluding hydrogens is 308 g/mol. The second kappa shape index (κ2) is 8.49. The van der Waals surface area contributed by atoms with Crippen LogP contribution in [0.5, 0.6) is 0 Å². The third-order valence-corrected chi connectivity index (χ3v) is 3.90. The molecule has 0 radical (unpaired) electrons. The number of ether oxygens (including phenoxy) is 2. The van der Waals surface area contributed by atoms with Gasteiger partial charge in [-0.15, -0.1) is 0 Å². The van der Waals surface area contributed by atoms with Crippen LogP contribution in [0.15, 0.2) is 29.8 Å². The molecule has 1 aliphatic heterocycles. The molecule has 0 bridgehead atoms. The number of morpholine rings is 1. The number of carbonyl (C=O) groups is 2. The minimum atomic E-state index is -0.475. The van der Waals surface area contributed by atoms with E-state index in [-0.39, 0.29) is 5.91 Å². The fourth-order valence-corrected chi connectivity index (χ4v) is 2.56. The van der Waals surface area contributed by atoms with E-state index < -0.39 is 5.97 Å². The number of methoxy groups -OCH3 is 1. The Hall–Kier alpha value is -2.34. The van der Waals surface area contributed by atoms with Gasteiger partial charge in [-0.1, -0.05) is 13.0 Å². The van der Waals surface area contributed by atoms with Gasteiger partial charge in [-0.05, 0) is 31.5 Å². The number of allylic oxidation sites excluding steroid dienone is 1. The zero-order valence-electron chi connectivity index (χ0n) is 14.4. The summed E-state index contributed by atoms with van der Waals surface area (Å²) in [4.78, 5) is 26.5. The number of anilines is 2. The van der Waals surface area contributed by atoms with Gasteiger partial charge in [0.1, 0.15) is 0 Å². The Bertz CT molecular complexity index is 634. The van der Waals surface area contributed by atoms with Crippen molar-refractivity contribution in [2.75, 3.05) is 43.6 Å². The van der Waals surface area contributed by atoms with E-state index in [1.807, 2.05) is 19.1 Å². The lowest BCUT2D eigenvalue weighted by molar-refractivity contribution is -0.112. The van der Waals surface area contributed by atoms with Gasteiger partial charge in [0.15, 0.2) is 0 Å². The average molecular weight is 332 g/mol. The summed E-state index contributed by atoms with van der Waals surface area (Å²) in [6, 6.07) is 5.39. The van der Waals surface area contributed by atoms with Crippen molar-refractivity contribution in [2.45, 2.75) is 20.3 Å². The molecule has 0 atom stereocenters. The van der Waals surface area contributed by atoms with Crippen LogP contribution in [-0.4, -0.2) is 45.3 Å². The molecule has 0 unspecified atom stereocenters. The first-order valence-electron chi connectivity index (χ1n) is 8.10. The number of rotatable bonds is 5. The zero-order valence-corrected chi connectivity index (χ0v) is 14.4. The number of hydrogen-bond donors (Lipinski definition) is 1. The molecule has 1 saturated heterocycles. The Labute approximate surface area is 142 Å². The standard InChI is InChI=1S/C18H24N2O4/c1-4-5-13(2)17(21)19-16-7-6-14(12-15(16)18(22)23-3)20-8-10-24-11-9-20/h5-7,12H,4,8-11H2,1-3H3,(H,19,21). The molecule has 1 aliphatic rings. The molecule has 0 aromatic heterocycles. The fourth-order valence-electron chi connectivity index (χ4n) is 2.56. The first kappa shape index (κ1) is 18.0. The van der Waals surface area contributed by atoms with Crippen molar-refractivity contribution in [3.63, 3.8) is 0 Å². The predicted molar refractivity (Wildman–Crippen MR) is 93.5 cm³/mol. The summed E-state index contributed by atoms with van der Waals surface area (Å²) in [6.45, 7) is 6.57. The van der Waals surface area contributed by atoms with Crippen LogP contribution in [-0.2, 0) is 14.3 Å². The molecule has 1 aromatic carbocycles. The van der Waals surface area contributed by atoms with Gasteiger partial charge in [-0.3, -0.25) is 4.79 Å². The normalized spacial score (nSPS) is 15.1. The summed E-state index contributed by atoms with van der Waals surface area (Å²) < 4.78 is 10.2. The molecule has 0 saturated carbocycles. The number of hydrogen-bond acceptors (Lipinski definition) is 5. The van der Waals surface area contributed by atoms with E-state index >= 15 is 0 Å². The van der Waals surface area contributed by atoms with Crippen molar-refractivity contribution in [2.24, 2.45) is 0 Å². The van der Waals surface area contributed by atoms with E-state index in [9.17, 15) is 9.59 Å². The lowest BCUT2D eigenvalue weighted by Crippen LogP contribution is -2.36. The molecule has 2 rings (SSSR count). The number of carbonyl (C=O) groups excluding carboxylic acids is 2. The summed E-state index contributed by atoms with van der Waals surface area (Å²) in [7, 11) is 1.33. The van der Waals surface area contributed by atoms with Gasteiger partial charge in [-0.25, -0.2) is 4.79 Å². The van der Waals surface area contributed by atoms with E-state index in [1.54, 1.807) is 19.1 Å². The van der Waals surface area contributed by atoms with E-state index in [0.29, 0.717) is 30.0 Å². The molecule has 1 heterocycles. The number of amides is 1. The lowest BCUT2D eigenvalue weighted by atomic mass is 10.1. The van der Waals surface area contributed by atoms with Crippen LogP contribution in [0.1, 0.15) is 30.6 Å². The molecule has 130 valence electrons. The van der Waals surface area contributed by atoms with Crippen LogP contribution in [0.3, 0.4) is 0 Å². The molecule has 0 spiro atoms. The second-order valence-corrected chi connectivity index (χ2v) is 5.57. The smallest absolute Gasteiger partial charge is 0.340 e. The third kappa shape index (κ3) is 4.35. The highest BCUT2D eigenvalue weighted by molar-refractivity contribution is 6.07. The minimum Gasteiger partial charge on any atom is -0.465 e. The van der Waals surface area contributed by atoms with Gasteiger partial charge in [0.2, 0.25) is 0 Å². The first-order valence-corrected chi connectivity index (χ1v) is 8.10. The van der Waals surface area contributed by atoms with Crippen LogP contribution < -0.4 is 10.2 Å². The maximum absolute atomic E-state index is 12.2. The Morgan fingerprint density at radius 2 is 2.04 bits per heavy atom. The number of nitrogens with zero attached hydrogens (tertiary/aromatic N) is 1. The maximum Gasteiger partial charge on any atom is 0.340 e. The van der Waals surface area contributed by atoms with Crippen LogP contribution in [0, 0.1) is 0 Å². The van der Waals surface area contributed by atoms with Crippen LogP contribution in [0.25, 0.3) is 0 Å². The third-order valence-electron chi connectivity index (χ3n) is 3.90. The zero-order chi connectivity index (χ0) is 17.5. The van der Waals surface area contributed by atoms with Crippen LogP contribution in [0.2, 0.25) is 0 Å². The Balaban J connectivity index is 2.28. The van der Waals surface area contributed by atoms with Crippen molar-refractivity contribution in [3.05, 3.63) is 35.4 Å². The molecule has 1 aromatic rings. The molecule has 1 amide bonds. The van der Waals surface area contributed by atoms with Gasteiger partial charge in [0.25, 0.3) is 5.91 Å². The highest BCUT2D eigenvalue weighted by Gasteiger charge is 2.18.